The number of fused-ring (bicyclic) bond motifs is 3. The van der Waals surface area contributed by atoms with Crippen molar-refractivity contribution in [3.05, 3.63) is 77.9 Å². The highest BCUT2D eigenvalue weighted by Crippen LogP contribution is 2.63. The topological polar surface area (TPSA) is 126 Å². The average molecular weight is 549 g/mol. The molecule has 3 aliphatic rings. The summed E-state index contributed by atoms with van der Waals surface area (Å²) < 4.78 is 14.8. The van der Waals surface area contributed by atoms with Crippen LogP contribution in [0.25, 0.3) is 33.3 Å². The molecule has 0 bridgehead atoms. The Hall–Kier alpha value is -4.44. The van der Waals surface area contributed by atoms with E-state index in [1.54, 1.807) is 18.5 Å². The van der Waals surface area contributed by atoms with Crippen molar-refractivity contribution in [2.45, 2.75) is 30.7 Å². The number of nitrogens with zero attached hydrogens (tertiary/aromatic N) is 5. The second kappa shape index (κ2) is 9.04. The SMILES string of the molecule is NC[C@]1(c2ccccc2F)[C@@H]2CCN(c3cnc4c(-c5ccc(C(=O)NC6CC6)c6ncccc56)[nH]nc4n3)C[C@@H]21. The highest BCUT2D eigenvalue weighted by atomic mass is 19.1. The Morgan fingerprint density at radius 2 is 1.95 bits per heavy atom. The van der Waals surface area contributed by atoms with Gasteiger partial charge in [-0.05, 0) is 54.9 Å². The highest BCUT2D eigenvalue weighted by Gasteiger charge is 2.66. The average Bonchev–Trinajstić information content (AvgIpc) is 3.90. The van der Waals surface area contributed by atoms with E-state index in [4.69, 9.17) is 15.7 Å². The van der Waals surface area contributed by atoms with E-state index < -0.39 is 0 Å². The number of carbonyl (C=O) groups is 1. The Morgan fingerprint density at radius 1 is 1.07 bits per heavy atom. The normalized spacial score (nSPS) is 23.5. The zero-order valence-corrected chi connectivity index (χ0v) is 22.3. The summed E-state index contributed by atoms with van der Waals surface area (Å²) in [6.07, 6.45) is 6.45. The van der Waals surface area contributed by atoms with Crippen LogP contribution in [-0.2, 0) is 5.41 Å². The number of hydrogen-bond acceptors (Lipinski definition) is 7. The first-order valence-electron chi connectivity index (χ1n) is 14.2. The molecular formula is C31H29FN8O. The fourth-order valence-corrected chi connectivity index (χ4v) is 7.03. The maximum atomic E-state index is 14.8. The molecule has 0 unspecified atom stereocenters. The van der Waals surface area contributed by atoms with Gasteiger partial charge in [0.1, 0.15) is 17.2 Å². The van der Waals surface area contributed by atoms with Gasteiger partial charge in [0, 0.05) is 48.2 Å². The van der Waals surface area contributed by atoms with Crippen LogP contribution < -0.4 is 16.0 Å². The number of H-pyrrole nitrogens is 1. The van der Waals surface area contributed by atoms with E-state index in [0.717, 1.165) is 60.4 Å². The maximum absolute atomic E-state index is 14.8. The third kappa shape index (κ3) is 3.73. The van der Waals surface area contributed by atoms with Gasteiger partial charge in [-0.15, -0.1) is 0 Å². The molecule has 3 fully saturated rings. The van der Waals surface area contributed by atoms with Crippen molar-refractivity contribution in [2.75, 3.05) is 24.5 Å². The van der Waals surface area contributed by atoms with Crippen LogP contribution in [0.5, 0.6) is 0 Å². The number of nitrogens with two attached hydrogens (primary N) is 1. The van der Waals surface area contributed by atoms with Crippen LogP contribution in [0, 0.1) is 17.7 Å². The predicted molar refractivity (Wildman–Crippen MR) is 154 cm³/mol. The smallest absolute Gasteiger partial charge is 0.253 e. The molecule has 41 heavy (non-hydrogen) atoms. The zero-order valence-electron chi connectivity index (χ0n) is 22.3. The maximum Gasteiger partial charge on any atom is 0.253 e. The van der Waals surface area contributed by atoms with Crippen molar-refractivity contribution in [2.24, 2.45) is 17.6 Å². The lowest BCUT2D eigenvalue weighted by atomic mass is 9.91. The van der Waals surface area contributed by atoms with Gasteiger partial charge in [0.2, 0.25) is 5.65 Å². The van der Waals surface area contributed by atoms with Gasteiger partial charge in [-0.3, -0.25) is 14.9 Å². The molecule has 4 N–H and O–H groups in total. The summed E-state index contributed by atoms with van der Waals surface area (Å²) in [5, 5.41) is 11.5. The van der Waals surface area contributed by atoms with Crippen molar-refractivity contribution in [1.29, 1.82) is 0 Å². The van der Waals surface area contributed by atoms with Crippen molar-refractivity contribution in [3.8, 4) is 11.3 Å². The molecule has 0 radical (unpaired) electrons. The number of anilines is 1. The van der Waals surface area contributed by atoms with Gasteiger partial charge in [-0.2, -0.15) is 5.10 Å². The monoisotopic (exact) mass is 548 g/mol. The molecule has 0 spiro atoms. The van der Waals surface area contributed by atoms with E-state index in [9.17, 15) is 9.18 Å². The van der Waals surface area contributed by atoms with Crippen LogP contribution in [0.3, 0.4) is 0 Å². The number of halogens is 1. The first-order valence-corrected chi connectivity index (χ1v) is 14.2. The number of benzene rings is 2. The quantitative estimate of drug-likeness (QED) is 0.293. The van der Waals surface area contributed by atoms with Gasteiger partial charge >= 0.3 is 0 Å². The molecule has 10 heteroatoms. The summed E-state index contributed by atoms with van der Waals surface area (Å²) in [5.74, 6) is 1.10. The molecule has 9 nitrogen and oxygen atoms in total. The number of aromatic amines is 1. The van der Waals surface area contributed by atoms with Crippen LogP contribution in [0.4, 0.5) is 10.2 Å². The Balaban J connectivity index is 1.10. The minimum absolute atomic E-state index is 0.102. The Labute approximate surface area is 235 Å². The third-order valence-corrected chi connectivity index (χ3v) is 9.31. The van der Waals surface area contributed by atoms with E-state index in [1.165, 1.54) is 6.07 Å². The molecule has 3 atom stereocenters. The number of amides is 1. The van der Waals surface area contributed by atoms with Crippen LogP contribution in [0.1, 0.15) is 35.2 Å². The van der Waals surface area contributed by atoms with Gasteiger partial charge in [0.05, 0.1) is 23.0 Å². The number of carbonyl (C=O) groups excluding carboxylic acids is 1. The zero-order chi connectivity index (χ0) is 27.7. The van der Waals surface area contributed by atoms with E-state index in [0.29, 0.717) is 34.7 Å². The summed E-state index contributed by atoms with van der Waals surface area (Å²) in [6.45, 7) is 1.97. The largest absolute Gasteiger partial charge is 0.355 e. The van der Waals surface area contributed by atoms with Crippen molar-refractivity contribution < 1.29 is 9.18 Å². The van der Waals surface area contributed by atoms with E-state index in [-0.39, 0.29) is 29.1 Å². The summed E-state index contributed by atoms with van der Waals surface area (Å²) in [5.41, 5.74) is 10.6. The van der Waals surface area contributed by atoms with Crippen LogP contribution in [0.2, 0.25) is 0 Å². The Morgan fingerprint density at radius 3 is 2.78 bits per heavy atom. The molecule has 2 saturated carbocycles. The number of nitrogens with one attached hydrogen (secondary N) is 2. The molecule has 1 amide bonds. The van der Waals surface area contributed by atoms with Crippen LogP contribution >= 0.6 is 0 Å². The number of hydrogen-bond donors (Lipinski definition) is 3. The minimum atomic E-state index is -0.325. The fourth-order valence-electron chi connectivity index (χ4n) is 7.03. The van der Waals surface area contributed by atoms with Gasteiger partial charge < -0.3 is 16.0 Å². The first-order chi connectivity index (χ1) is 20.1. The summed E-state index contributed by atoms with van der Waals surface area (Å²) in [7, 11) is 0. The summed E-state index contributed by atoms with van der Waals surface area (Å²) in [6, 6.07) is 14.8. The molecule has 5 aromatic rings. The fraction of sp³-hybridized carbons (Fsp3) is 0.323. The second-order valence-corrected chi connectivity index (χ2v) is 11.5. The van der Waals surface area contributed by atoms with Gasteiger partial charge in [-0.25, -0.2) is 14.4 Å². The van der Waals surface area contributed by atoms with E-state index >= 15 is 0 Å². The van der Waals surface area contributed by atoms with Gasteiger partial charge in [-0.1, -0.05) is 30.3 Å². The molecule has 1 aliphatic heterocycles. The Bertz CT molecular complexity index is 1830. The number of aromatic nitrogens is 5. The van der Waals surface area contributed by atoms with E-state index in [2.05, 4.69) is 25.4 Å². The van der Waals surface area contributed by atoms with Crippen LogP contribution in [-0.4, -0.2) is 56.7 Å². The summed E-state index contributed by atoms with van der Waals surface area (Å²) in [4.78, 5) is 29.3. The predicted octanol–water partition coefficient (Wildman–Crippen LogP) is 3.95. The van der Waals surface area contributed by atoms with Gasteiger partial charge in [0.15, 0.2) is 0 Å². The lowest BCUT2D eigenvalue weighted by Crippen LogP contribution is -2.32. The molecule has 2 aliphatic carbocycles. The molecule has 206 valence electrons. The molecule has 2 aromatic carbocycles. The molecule has 8 rings (SSSR count). The summed E-state index contributed by atoms with van der Waals surface area (Å²) >= 11 is 0. The number of piperidine rings is 1. The molecular weight excluding hydrogens is 519 g/mol. The third-order valence-electron chi connectivity index (χ3n) is 9.31. The van der Waals surface area contributed by atoms with Crippen LogP contribution in [0.15, 0.2) is 60.9 Å². The second-order valence-electron chi connectivity index (χ2n) is 11.5. The lowest BCUT2D eigenvalue weighted by Gasteiger charge is -2.26. The number of rotatable bonds is 6. The van der Waals surface area contributed by atoms with Crippen molar-refractivity contribution in [3.63, 3.8) is 0 Å². The molecule has 3 aromatic heterocycles. The number of pyridine rings is 1. The molecule has 4 heterocycles. The van der Waals surface area contributed by atoms with Crippen molar-refractivity contribution in [1.82, 2.24) is 30.5 Å². The Kier molecular flexibility index (Phi) is 5.37. The van der Waals surface area contributed by atoms with E-state index in [1.807, 2.05) is 36.4 Å². The standard InChI is InChI=1S/C31H29FN8O/c32-24-6-2-1-5-22(24)31(16-33)21-11-13-40(15-23(21)31)25-14-35-28-27(38-39-29(28)37-25)19-9-10-20(30(41)36-17-7-8-17)26-18(19)4-3-12-34-26/h1-6,9-10,12,14,17,21,23H,7-8,11,13,15-16,33H2,(H,36,41)(H,37,38,39)/t21-,23+,31-/m1/s1. The van der Waals surface area contributed by atoms with Crippen molar-refractivity contribution >= 4 is 33.8 Å². The highest BCUT2D eigenvalue weighted by molar-refractivity contribution is 6.10. The first kappa shape index (κ1) is 24.4. The van der Waals surface area contributed by atoms with Gasteiger partial charge in [0.25, 0.3) is 5.91 Å². The molecule has 1 saturated heterocycles. The minimum Gasteiger partial charge on any atom is -0.355 e. The lowest BCUT2D eigenvalue weighted by molar-refractivity contribution is 0.0952.